The Morgan fingerprint density at radius 3 is 2.82 bits per heavy atom. The van der Waals surface area contributed by atoms with Gasteiger partial charge < -0.3 is 10.6 Å². The van der Waals surface area contributed by atoms with Crippen molar-refractivity contribution in [3.05, 3.63) is 11.1 Å². The average molecular weight is 322 g/mol. The first-order valence-electron chi connectivity index (χ1n) is 7.76. The van der Waals surface area contributed by atoms with E-state index in [0.29, 0.717) is 11.1 Å². The van der Waals surface area contributed by atoms with Crippen molar-refractivity contribution in [1.82, 2.24) is 16.0 Å². The summed E-state index contributed by atoms with van der Waals surface area (Å²) >= 11 is 1.24. The molecular formula is C15H22N4O2S. The van der Waals surface area contributed by atoms with E-state index in [1.165, 1.54) is 50.1 Å². The molecule has 0 heterocycles. The second kappa shape index (κ2) is 6.32. The molecule has 3 unspecified atom stereocenters. The smallest absolute Gasteiger partial charge is 0.339 e. The molecule has 3 atom stereocenters. The first kappa shape index (κ1) is 15.4. The number of hydrogen-bond donors (Lipinski definition) is 3. The van der Waals surface area contributed by atoms with E-state index in [9.17, 15) is 9.59 Å². The highest BCUT2D eigenvalue weighted by atomic mass is 32.2. The summed E-state index contributed by atoms with van der Waals surface area (Å²) in [4.78, 5) is 27.2. The van der Waals surface area contributed by atoms with Gasteiger partial charge in [-0.15, -0.1) is 0 Å². The second-order valence-corrected chi connectivity index (χ2v) is 6.87. The van der Waals surface area contributed by atoms with E-state index < -0.39 is 6.03 Å². The minimum Gasteiger partial charge on any atom is -0.339 e. The first-order chi connectivity index (χ1) is 10.6. The molecule has 22 heavy (non-hydrogen) atoms. The lowest BCUT2D eigenvalue weighted by Crippen LogP contribution is -2.44. The van der Waals surface area contributed by atoms with Crippen LogP contribution in [0.1, 0.15) is 32.1 Å². The summed E-state index contributed by atoms with van der Waals surface area (Å²) in [7, 11) is 1.51. The van der Waals surface area contributed by atoms with Crippen molar-refractivity contribution in [2.75, 3.05) is 13.3 Å². The minimum atomic E-state index is -0.469. The molecule has 4 amide bonds. The van der Waals surface area contributed by atoms with Crippen LogP contribution in [0.15, 0.2) is 16.1 Å². The van der Waals surface area contributed by atoms with Crippen molar-refractivity contribution in [3.8, 4) is 0 Å². The number of amides is 4. The molecule has 0 saturated heterocycles. The zero-order valence-electron chi connectivity index (χ0n) is 12.9. The molecule has 0 spiro atoms. The SMILES string of the molecule is CNC(=O)N=C(NC(=O)NC1CCC2C1=C1CCC2C1)SC. The predicted octanol–water partition coefficient (Wildman–Crippen LogP) is 2.23. The molecule has 0 radical (unpaired) electrons. The molecule has 0 aliphatic heterocycles. The summed E-state index contributed by atoms with van der Waals surface area (Å²) in [5, 5.41) is 8.43. The van der Waals surface area contributed by atoms with Crippen LogP contribution >= 0.6 is 11.8 Å². The van der Waals surface area contributed by atoms with Gasteiger partial charge >= 0.3 is 12.1 Å². The van der Waals surface area contributed by atoms with E-state index in [1.54, 1.807) is 11.8 Å². The van der Waals surface area contributed by atoms with Crippen LogP contribution in [0.5, 0.6) is 0 Å². The third-order valence-electron chi connectivity index (χ3n) is 4.98. The zero-order valence-corrected chi connectivity index (χ0v) is 13.8. The molecule has 120 valence electrons. The van der Waals surface area contributed by atoms with Crippen molar-refractivity contribution in [3.63, 3.8) is 0 Å². The maximum absolute atomic E-state index is 12.2. The summed E-state index contributed by atoms with van der Waals surface area (Å²) in [5.41, 5.74) is 3.09. The van der Waals surface area contributed by atoms with Gasteiger partial charge in [0.25, 0.3) is 0 Å². The van der Waals surface area contributed by atoms with Gasteiger partial charge in [-0.1, -0.05) is 17.3 Å². The van der Waals surface area contributed by atoms with Crippen LogP contribution in [0, 0.1) is 11.8 Å². The van der Waals surface area contributed by atoms with Gasteiger partial charge in [-0.3, -0.25) is 5.32 Å². The monoisotopic (exact) mass is 322 g/mol. The number of fused-ring (bicyclic) bond motifs is 4. The molecule has 0 aromatic rings. The lowest BCUT2D eigenvalue weighted by atomic mass is 9.88. The molecule has 3 N–H and O–H groups in total. The van der Waals surface area contributed by atoms with E-state index >= 15 is 0 Å². The van der Waals surface area contributed by atoms with E-state index in [1.807, 2.05) is 0 Å². The van der Waals surface area contributed by atoms with E-state index in [4.69, 9.17) is 0 Å². The Bertz CT molecular complexity index is 558. The Labute approximate surface area is 134 Å². The highest BCUT2D eigenvalue weighted by Crippen LogP contribution is 2.54. The minimum absolute atomic E-state index is 0.161. The summed E-state index contributed by atoms with van der Waals surface area (Å²) in [6, 6.07) is -0.587. The van der Waals surface area contributed by atoms with Crippen LogP contribution in [0.2, 0.25) is 0 Å². The maximum Gasteiger partial charge on any atom is 0.343 e. The van der Waals surface area contributed by atoms with Crippen molar-refractivity contribution < 1.29 is 9.59 Å². The topological polar surface area (TPSA) is 82.6 Å². The number of hydrogen-bond acceptors (Lipinski definition) is 3. The Morgan fingerprint density at radius 1 is 1.27 bits per heavy atom. The molecule has 3 aliphatic rings. The fourth-order valence-corrected chi connectivity index (χ4v) is 4.48. The van der Waals surface area contributed by atoms with Gasteiger partial charge in [-0.05, 0) is 55.8 Å². The number of urea groups is 2. The number of nitrogens with zero attached hydrogens (tertiary/aromatic N) is 1. The van der Waals surface area contributed by atoms with Gasteiger partial charge in [0.1, 0.15) is 0 Å². The fraction of sp³-hybridized carbons (Fsp3) is 0.667. The van der Waals surface area contributed by atoms with Crippen molar-refractivity contribution in [2.24, 2.45) is 16.8 Å². The van der Waals surface area contributed by atoms with Crippen molar-refractivity contribution in [1.29, 1.82) is 0 Å². The van der Waals surface area contributed by atoms with Crippen LogP contribution in [-0.4, -0.2) is 36.6 Å². The Hall–Kier alpha value is -1.50. The predicted molar refractivity (Wildman–Crippen MR) is 88.0 cm³/mol. The van der Waals surface area contributed by atoms with Gasteiger partial charge in [0.05, 0.1) is 6.04 Å². The standard InChI is InChI=1S/C15H22N4O2S/c1-16-13(20)18-15(22-2)19-14(21)17-11-6-5-10-8-3-4-9(7-8)12(10)11/h8,10-11H,3-7H2,1-2H3,(H3,16,17,18,19,20,21). The summed E-state index contributed by atoms with van der Waals surface area (Å²) in [6.07, 6.45) is 7.77. The second-order valence-electron chi connectivity index (χ2n) is 6.07. The van der Waals surface area contributed by atoms with E-state index in [0.717, 1.165) is 12.3 Å². The summed E-state index contributed by atoms with van der Waals surface area (Å²) in [6.45, 7) is 0. The van der Waals surface area contributed by atoms with Gasteiger partial charge in [0.2, 0.25) is 0 Å². The highest BCUT2D eigenvalue weighted by Gasteiger charge is 2.45. The van der Waals surface area contributed by atoms with Gasteiger partial charge in [0, 0.05) is 7.05 Å². The molecule has 6 nitrogen and oxygen atoms in total. The number of rotatable bonds is 1. The molecule has 7 heteroatoms. The highest BCUT2D eigenvalue weighted by molar-refractivity contribution is 8.13. The van der Waals surface area contributed by atoms with Crippen molar-refractivity contribution >= 4 is 29.0 Å². The number of allylic oxidation sites excluding steroid dienone is 1. The Morgan fingerprint density at radius 2 is 2.09 bits per heavy atom. The number of carbonyl (C=O) groups excluding carboxylic acids is 2. The van der Waals surface area contributed by atoms with Crippen LogP contribution < -0.4 is 16.0 Å². The van der Waals surface area contributed by atoms with Crippen LogP contribution in [0.25, 0.3) is 0 Å². The molecule has 0 aromatic heterocycles. The van der Waals surface area contributed by atoms with E-state index in [-0.39, 0.29) is 12.1 Å². The van der Waals surface area contributed by atoms with E-state index in [2.05, 4.69) is 20.9 Å². The zero-order chi connectivity index (χ0) is 15.7. The third-order valence-corrected chi connectivity index (χ3v) is 5.56. The van der Waals surface area contributed by atoms with Gasteiger partial charge in [-0.2, -0.15) is 4.99 Å². The molecule has 2 fully saturated rings. The van der Waals surface area contributed by atoms with Crippen LogP contribution in [-0.2, 0) is 0 Å². The normalized spacial score (nSPS) is 29.5. The summed E-state index contributed by atoms with van der Waals surface area (Å²) in [5.74, 6) is 1.53. The Balaban J connectivity index is 1.61. The number of carbonyl (C=O) groups is 2. The lowest BCUT2D eigenvalue weighted by molar-refractivity contribution is 0.243. The molecule has 0 aromatic carbocycles. The molecule has 3 rings (SSSR count). The molecular weight excluding hydrogens is 300 g/mol. The lowest BCUT2D eigenvalue weighted by Gasteiger charge is -2.21. The first-order valence-corrected chi connectivity index (χ1v) is 8.98. The number of thioether (sulfide) groups is 1. The number of amidine groups is 1. The largest absolute Gasteiger partial charge is 0.343 e. The fourth-order valence-electron chi connectivity index (χ4n) is 4.11. The molecule has 2 saturated carbocycles. The van der Waals surface area contributed by atoms with Crippen LogP contribution in [0.3, 0.4) is 0 Å². The number of nitrogens with one attached hydrogen (secondary N) is 3. The van der Waals surface area contributed by atoms with Gasteiger partial charge in [0.15, 0.2) is 5.17 Å². The number of aliphatic imine (C=N–C) groups is 1. The van der Waals surface area contributed by atoms with Gasteiger partial charge in [-0.25, -0.2) is 9.59 Å². The quantitative estimate of drug-likeness (QED) is 0.393. The van der Waals surface area contributed by atoms with Crippen molar-refractivity contribution in [2.45, 2.75) is 38.1 Å². The Kier molecular flexibility index (Phi) is 4.42. The third kappa shape index (κ3) is 2.86. The molecule has 2 bridgehead atoms. The molecule has 3 aliphatic carbocycles. The maximum atomic E-state index is 12.2. The summed E-state index contributed by atoms with van der Waals surface area (Å²) < 4.78 is 0. The average Bonchev–Trinajstić information content (AvgIpc) is 3.20. The van der Waals surface area contributed by atoms with Crippen LogP contribution in [0.4, 0.5) is 9.59 Å².